The molecule has 0 aliphatic rings. The van der Waals surface area contributed by atoms with E-state index in [9.17, 15) is 13.2 Å². The fourth-order valence-corrected chi connectivity index (χ4v) is 4.61. The van der Waals surface area contributed by atoms with E-state index in [4.69, 9.17) is 14.2 Å². The van der Waals surface area contributed by atoms with Gasteiger partial charge in [-0.15, -0.1) is 11.3 Å². The summed E-state index contributed by atoms with van der Waals surface area (Å²) < 4.78 is 39.2. The summed E-state index contributed by atoms with van der Waals surface area (Å²) in [7, 11) is 3.10. The zero-order valence-electron chi connectivity index (χ0n) is 17.3. The molecule has 29 heavy (non-hydrogen) atoms. The van der Waals surface area contributed by atoms with Gasteiger partial charge in [0.15, 0.2) is 11.5 Å². The van der Waals surface area contributed by atoms with E-state index in [1.807, 2.05) is 17.5 Å². The molecule has 2 aromatic rings. The monoisotopic (exact) mass is 441 g/mol. The van der Waals surface area contributed by atoms with Gasteiger partial charge in [0.05, 0.1) is 27.1 Å². The molecule has 2 rings (SSSR count). The van der Waals surface area contributed by atoms with Gasteiger partial charge in [-0.1, -0.05) is 6.07 Å². The van der Waals surface area contributed by atoms with Crippen LogP contribution in [0, 0.1) is 0 Å². The van der Waals surface area contributed by atoms with Gasteiger partial charge in [-0.05, 0) is 30.0 Å². The van der Waals surface area contributed by atoms with Crippen LogP contribution in [0.5, 0.6) is 17.2 Å². The minimum absolute atomic E-state index is 0.0688. The molecule has 0 bridgehead atoms. The second kappa shape index (κ2) is 9.98. The molecule has 0 fully saturated rings. The molecule has 160 valence electrons. The number of carbonyl (C=O) groups is 1. The van der Waals surface area contributed by atoms with Crippen LogP contribution in [0.4, 0.5) is 0 Å². The van der Waals surface area contributed by atoms with E-state index >= 15 is 0 Å². The summed E-state index contributed by atoms with van der Waals surface area (Å²) >= 11 is 1.56. The number of nitrogens with zero attached hydrogens (tertiary/aromatic N) is 1. The van der Waals surface area contributed by atoms with Crippen molar-refractivity contribution in [3.8, 4) is 17.2 Å². The molecular weight excluding hydrogens is 414 g/mol. The summed E-state index contributed by atoms with van der Waals surface area (Å²) in [5.74, 6) is 0.998. The molecular formula is C20H27NO6S2. The third-order valence-electron chi connectivity index (χ3n) is 4.54. The first kappa shape index (κ1) is 23.0. The SMILES string of the molecule is COc1cc(C(=O)N(C)CC(CCS(C)(=O)=O)c2cccs2)cc(OC)c1OC. The lowest BCUT2D eigenvalue weighted by Gasteiger charge is -2.24. The van der Waals surface area contributed by atoms with Gasteiger partial charge < -0.3 is 19.1 Å². The molecule has 1 amide bonds. The Labute approximate surface area is 176 Å². The maximum Gasteiger partial charge on any atom is 0.253 e. The highest BCUT2D eigenvalue weighted by atomic mass is 32.2. The first-order valence-electron chi connectivity index (χ1n) is 8.96. The smallest absolute Gasteiger partial charge is 0.253 e. The minimum Gasteiger partial charge on any atom is -0.493 e. The van der Waals surface area contributed by atoms with Crippen LogP contribution in [0.2, 0.25) is 0 Å². The number of likely N-dealkylation sites (N-methyl/N-ethyl adjacent to an activating group) is 1. The van der Waals surface area contributed by atoms with E-state index in [1.54, 1.807) is 35.4 Å². The highest BCUT2D eigenvalue weighted by Crippen LogP contribution is 2.38. The predicted octanol–water partition coefficient (Wildman–Crippen LogP) is 3.06. The summed E-state index contributed by atoms with van der Waals surface area (Å²) in [6.07, 6.45) is 1.68. The van der Waals surface area contributed by atoms with Crippen molar-refractivity contribution in [2.24, 2.45) is 0 Å². The first-order valence-corrected chi connectivity index (χ1v) is 11.9. The molecule has 0 spiro atoms. The highest BCUT2D eigenvalue weighted by molar-refractivity contribution is 7.90. The number of rotatable bonds is 10. The van der Waals surface area contributed by atoms with Crippen molar-refractivity contribution in [2.75, 3.05) is 46.9 Å². The van der Waals surface area contributed by atoms with Gasteiger partial charge in [0.2, 0.25) is 5.75 Å². The van der Waals surface area contributed by atoms with Crippen molar-refractivity contribution in [1.29, 1.82) is 0 Å². The first-order chi connectivity index (χ1) is 13.7. The van der Waals surface area contributed by atoms with Gasteiger partial charge in [0.1, 0.15) is 9.84 Å². The molecule has 7 nitrogen and oxygen atoms in total. The number of sulfone groups is 1. The largest absolute Gasteiger partial charge is 0.493 e. The molecule has 0 radical (unpaired) electrons. The molecule has 1 atom stereocenters. The van der Waals surface area contributed by atoms with E-state index < -0.39 is 9.84 Å². The zero-order valence-corrected chi connectivity index (χ0v) is 18.9. The van der Waals surface area contributed by atoms with Crippen molar-refractivity contribution < 1.29 is 27.4 Å². The Morgan fingerprint density at radius 2 is 1.76 bits per heavy atom. The molecule has 0 aliphatic heterocycles. The molecule has 1 unspecified atom stereocenters. The topological polar surface area (TPSA) is 82.1 Å². The van der Waals surface area contributed by atoms with Crippen LogP contribution in [0.3, 0.4) is 0 Å². The summed E-state index contributed by atoms with van der Waals surface area (Å²) in [4.78, 5) is 15.7. The highest BCUT2D eigenvalue weighted by Gasteiger charge is 2.23. The summed E-state index contributed by atoms with van der Waals surface area (Å²) in [6, 6.07) is 7.11. The number of methoxy groups -OCH3 is 3. The van der Waals surface area contributed by atoms with Gasteiger partial charge in [0.25, 0.3) is 5.91 Å². The predicted molar refractivity (Wildman–Crippen MR) is 114 cm³/mol. The molecule has 1 aromatic heterocycles. The number of amides is 1. The van der Waals surface area contributed by atoms with Gasteiger partial charge >= 0.3 is 0 Å². The fourth-order valence-electron chi connectivity index (χ4n) is 3.04. The zero-order chi connectivity index (χ0) is 21.6. The second-order valence-electron chi connectivity index (χ2n) is 6.73. The molecule has 0 N–H and O–H groups in total. The van der Waals surface area contributed by atoms with Crippen LogP contribution in [0.25, 0.3) is 0 Å². The van der Waals surface area contributed by atoms with E-state index in [2.05, 4.69) is 0 Å². The lowest BCUT2D eigenvalue weighted by Crippen LogP contribution is -2.31. The van der Waals surface area contributed by atoms with Crippen LogP contribution in [0.15, 0.2) is 29.6 Å². The van der Waals surface area contributed by atoms with Crippen LogP contribution < -0.4 is 14.2 Å². The van der Waals surface area contributed by atoms with Crippen molar-refractivity contribution in [1.82, 2.24) is 4.90 Å². The number of thiophene rings is 1. The lowest BCUT2D eigenvalue weighted by molar-refractivity contribution is 0.0785. The van der Waals surface area contributed by atoms with Crippen molar-refractivity contribution in [3.63, 3.8) is 0 Å². The number of hydrogen-bond acceptors (Lipinski definition) is 7. The van der Waals surface area contributed by atoms with Gasteiger partial charge in [-0.25, -0.2) is 8.42 Å². The molecule has 0 aliphatic carbocycles. The molecule has 0 saturated heterocycles. The average Bonchev–Trinajstić information content (AvgIpc) is 3.22. The molecule has 1 aromatic carbocycles. The van der Waals surface area contributed by atoms with Crippen molar-refractivity contribution in [2.45, 2.75) is 12.3 Å². The number of carbonyl (C=O) groups excluding carboxylic acids is 1. The Morgan fingerprint density at radius 3 is 2.21 bits per heavy atom. The van der Waals surface area contributed by atoms with Crippen LogP contribution in [0.1, 0.15) is 27.6 Å². The maximum absolute atomic E-state index is 13.0. The van der Waals surface area contributed by atoms with Gasteiger partial charge in [0, 0.05) is 36.2 Å². The third kappa shape index (κ3) is 6.11. The lowest BCUT2D eigenvalue weighted by atomic mass is 10.0. The summed E-state index contributed by atoms with van der Waals surface area (Å²) in [5.41, 5.74) is 0.398. The minimum atomic E-state index is -3.09. The van der Waals surface area contributed by atoms with Gasteiger partial charge in [-0.2, -0.15) is 0 Å². The average molecular weight is 442 g/mol. The molecule has 1 heterocycles. The Morgan fingerprint density at radius 1 is 1.14 bits per heavy atom. The van der Waals surface area contributed by atoms with E-state index in [1.165, 1.54) is 27.6 Å². The van der Waals surface area contributed by atoms with Crippen molar-refractivity contribution >= 4 is 27.1 Å². The third-order valence-corrected chi connectivity index (χ3v) is 6.55. The van der Waals surface area contributed by atoms with E-state index in [0.717, 1.165) is 4.88 Å². The summed E-state index contributed by atoms with van der Waals surface area (Å²) in [5, 5.41) is 1.95. The van der Waals surface area contributed by atoms with Gasteiger partial charge in [-0.3, -0.25) is 4.79 Å². The Bertz CT molecular complexity index is 899. The fraction of sp³-hybridized carbons (Fsp3) is 0.450. The number of benzene rings is 1. The van der Waals surface area contributed by atoms with E-state index in [-0.39, 0.29) is 17.6 Å². The van der Waals surface area contributed by atoms with Crippen LogP contribution in [-0.4, -0.2) is 66.2 Å². The second-order valence-corrected chi connectivity index (χ2v) is 9.97. The quantitative estimate of drug-likeness (QED) is 0.564. The Balaban J connectivity index is 2.25. The van der Waals surface area contributed by atoms with Crippen LogP contribution >= 0.6 is 11.3 Å². The van der Waals surface area contributed by atoms with E-state index in [0.29, 0.717) is 35.8 Å². The number of hydrogen-bond donors (Lipinski definition) is 0. The normalized spacial score (nSPS) is 12.3. The standard InChI is InChI=1S/C20H27NO6S2/c1-21(13-14(8-10-29(5,23)24)18-7-6-9-28-18)20(22)15-11-16(25-2)19(27-4)17(12-15)26-3/h6-7,9,11-12,14H,8,10,13H2,1-5H3. The van der Waals surface area contributed by atoms with Crippen LogP contribution in [-0.2, 0) is 9.84 Å². The maximum atomic E-state index is 13.0. The molecule has 0 saturated carbocycles. The Kier molecular flexibility index (Phi) is 7.92. The van der Waals surface area contributed by atoms with Crippen molar-refractivity contribution in [3.05, 3.63) is 40.1 Å². The number of ether oxygens (including phenoxy) is 3. The Hall–Kier alpha value is -2.26. The molecule has 9 heteroatoms. The summed E-state index contributed by atoms with van der Waals surface area (Å²) in [6.45, 7) is 0.394.